The van der Waals surface area contributed by atoms with Crippen LogP contribution in [0.3, 0.4) is 0 Å². The van der Waals surface area contributed by atoms with Crippen molar-refractivity contribution < 1.29 is 0 Å². The fraction of sp³-hybridized carbons (Fsp3) is 0.231. The zero-order valence-electron chi connectivity index (χ0n) is 9.04. The molecule has 0 nitrogen and oxygen atoms in total. The fourth-order valence-corrected chi connectivity index (χ4v) is 2.41. The number of allylic oxidation sites excluding steroid dienone is 1. The minimum atomic E-state index is -1.15. The van der Waals surface area contributed by atoms with E-state index in [9.17, 15) is 0 Å². The zero-order valence-corrected chi connectivity index (χ0v) is 10.0. The van der Waals surface area contributed by atoms with Gasteiger partial charge in [0.2, 0.25) is 0 Å². The van der Waals surface area contributed by atoms with Crippen LogP contribution in [0, 0.1) is 12.3 Å². The first kappa shape index (κ1) is 10.8. The van der Waals surface area contributed by atoms with Crippen LogP contribution in [-0.4, -0.2) is 8.07 Å². The van der Waals surface area contributed by atoms with Crippen LogP contribution in [-0.2, 0) is 0 Å². The van der Waals surface area contributed by atoms with E-state index in [1.165, 1.54) is 10.8 Å². The number of rotatable bonds is 2. The molecule has 0 atom stereocenters. The average molecular weight is 200 g/mol. The monoisotopic (exact) mass is 200 g/mol. The maximum Gasteiger partial charge on any atom is 0.0775 e. The number of hydrogen-bond donors (Lipinski definition) is 0. The van der Waals surface area contributed by atoms with Crippen molar-refractivity contribution in [2.24, 2.45) is 0 Å². The Morgan fingerprint density at radius 3 is 2.14 bits per heavy atom. The summed E-state index contributed by atoms with van der Waals surface area (Å²) in [6, 6.07) is 8.67. The Kier molecular flexibility index (Phi) is 3.32. The summed E-state index contributed by atoms with van der Waals surface area (Å²) < 4.78 is 0. The molecule has 0 spiro atoms. The van der Waals surface area contributed by atoms with Gasteiger partial charge in [-0.3, -0.25) is 0 Å². The highest BCUT2D eigenvalue weighted by Crippen LogP contribution is 2.05. The van der Waals surface area contributed by atoms with Crippen LogP contribution in [0.25, 0.3) is 6.08 Å². The minimum absolute atomic E-state index is 1.15. The van der Waals surface area contributed by atoms with E-state index in [0.717, 1.165) is 0 Å². The van der Waals surface area contributed by atoms with Gasteiger partial charge in [-0.2, -0.15) is 0 Å². The highest BCUT2D eigenvalue weighted by molar-refractivity contribution is 6.88. The van der Waals surface area contributed by atoms with Gasteiger partial charge in [0.25, 0.3) is 0 Å². The van der Waals surface area contributed by atoms with Crippen molar-refractivity contribution in [1.29, 1.82) is 0 Å². The molecular formula is C13H16Si. The molecule has 1 aromatic carbocycles. The van der Waals surface area contributed by atoms with Gasteiger partial charge in [-0.1, -0.05) is 55.0 Å². The van der Waals surface area contributed by atoms with Crippen LogP contribution in [0.15, 0.2) is 30.3 Å². The summed E-state index contributed by atoms with van der Waals surface area (Å²) >= 11 is 0. The van der Waals surface area contributed by atoms with E-state index >= 15 is 0 Å². The summed E-state index contributed by atoms with van der Waals surface area (Å²) in [5.41, 5.74) is 1.17. The summed E-state index contributed by atoms with van der Waals surface area (Å²) in [5, 5.41) is 1.48. The maximum atomic E-state index is 5.15. The molecule has 0 heterocycles. The third-order valence-corrected chi connectivity index (χ3v) is 4.21. The summed E-state index contributed by atoms with van der Waals surface area (Å²) in [6.07, 6.45) is 8.82. The first-order valence-corrected chi connectivity index (χ1v) is 8.27. The van der Waals surface area contributed by atoms with Gasteiger partial charge >= 0.3 is 0 Å². The molecule has 14 heavy (non-hydrogen) atoms. The van der Waals surface area contributed by atoms with Gasteiger partial charge < -0.3 is 0 Å². The largest absolute Gasteiger partial charge is 0.115 e. The zero-order chi connectivity index (χ0) is 10.6. The first-order valence-electron chi connectivity index (χ1n) is 4.77. The molecule has 1 rings (SSSR count). The third-order valence-electron chi connectivity index (χ3n) is 2.15. The van der Waals surface area contributed by atoms with E-state index in [1.807, 2.05) is 6.08 Å². The van der Waals surface area contributed by atoms with Crippen molar-refractivity contribution in [2.75, 3.05) is 0 Å². The van der Waals surface area contributed by atoms with Crippen molar-refractivity contribution in [3.8, 4) is 12.3 Å². The highest BCUT2D eigenvalue weighted by atomic mass is 28.3. The topological polar surface area (TPSA) is 0 Å². The second-order valence-electron chi connectivity index (χ2n) is 4.37. The predicted octanol–water partition coefficient (Wildman–Crippen LogP) is 2.88. The molecule has 72 valence electrons. The number of benzene rings is 1. The van der Waals surface area contributed by atoms with Crippen LogP contribution in [0.4, 0.5) is 0 Å². The average Bonchev–Trinajstić information content (AvgIpc) is 2.14. The van der Waals surface area contributed by atoms with Gasteiger partial charge in [-0.25, -0.2) is 0 Å². The third kappa shape index (κ3) is 2.90. The smallest absolute Gasteiger partial charge is 0.0775 e. The normalized spacial score (nSPS) is 11.6. The van der Waals surface area contributed by atoms with Crippen molar-refractivity contribution >= 4 is 19.3 Å². The second kappa shape index (κ2) is 4.30. The summed E-state index contributed by atoms with van der Waals surface area (Å²) in [5.74, 6) is 2.49. The van der Waals surface area contributed by atoms with Gasteiger partial charge in [0.15, 0.2) is 0 Å². The Balaban J connectivity index is 2.91. The van der Waals surface area contributed by atoms with Gasteiger partial charge in [0.1, 0.15) is 0 Å². The molecule has 0 amide bonds. The Morgan fingerprint density at radius 2 is 1.71 bits per heavy atom. The van der Waals surface area contributed by atoms with E-state index in [2.05, 4.69) is 49.8 Å². The Bertz CT molecular complexity index is 358. The van der Waals surface area contributed by atoms with Gasteiger partial charge in [0, 0.05) is 0 Å². The molecule has 0 aromatic heterocycles. The van der Waals surface area contributed by atoms with Crippen LogP contribution in [0.2, 0.25) is 19.6 Å². The first-order chi connectivity index (χ1) is 6.54. The van der Waals surface area contributed by atoms with Crippen molar-refractivity contribution in [3.05, 3.63) is 35.9 Å². The molecule has 1 aromatic rings. The van der Waals surface area contributed by atoms with Crippen LogP contribution >= 0.6 is 0 Å². The molecule has 0 aliphatic carbocycles. The lowest BCUT2D eigenvalue weighted by atomic mass is 10.2. The Labute approximate surface area is 87.7 Å². The van der Waals surface area contributed by atoms with Gasteiger partial charge in [-0.05, 0) is 17.7 Å². The van der Waals surface area contributed by atoms with Crippen LogP contribution in [0.5, 0.6) is 0 Å². The standard InChI is InChI=1S/C13H16Si/c1-5-6-7-12-8-10-13(11-9-12)14(2,3)4/h1,6-11H,2-4H3. The molecule has 0 saturated heterocycles. The maximum absolute atomic E-state index is 5.15. The van der Waals surface area contributed by atoms with E-state index in [4.69, 9.17) is 6.42 Å². The van der Waals surface area contributed by atoms with Gasteiger partial charge in [0.05, 0.1) is 8.07 Å². The van der Waals surface area contributed by atoms with Crippen molar-refractivity contribution in [2.45, 2.75) is 19.6 Å². The van der Waals surface area contributed by atoms with Crippen LogP contribution in [0.1, 0.15) is 5.56 Å². The molecule has 0 N–H and O–H groups in total. The van der Waals surface area contributed by atoms with E-state index in [1.54, 1.807) is 6.08 Å². The molecule has 1 heteroatoms. The predicted molar refractivity (Wildman–Crippen MR) is 67.3 cm³/mol. The van der Waals surface area contributed by atoms with E-state index in [0.29, 0.717) is 0 Å². The van der Waals surface area contributed by atoms with Crippen molar-refractivity contribution in [1.82, 2.24) is 0 Å². The minimum Gasteiger partial charge on any atom is -0.115 e. The molecule has 0 radical (unpaired) electrons. The Hall–Kier alpha value is -1.26. The molecule has 0 aliphatic heterocycles. The van der Waals surface area contributed by atoms with Crippen molar-refractivity contribution in [3.63, 3.8) is 0 Å². The molecule has 0 unspecified atom stereocenters. The lowest BCUT2D eigenvalue weighted by molar-refractivity contribution is 1.65. The molecule has 0 bridgehead atoms. The number of hydrogen-bond acceptors (Lipinski definition) is 0. The number of terminal acetylenes is 1. The highest BCUT2D eigenvalue weighted by Gasteiger charge is 2.14. The summed E-state index contributed by atoms with van der Waals surface area (Å²) in [7, 11) is -1.15. The van der Waals surface area contributed by atoms with E-state index in [-0.39, 0.29) is 0 Å². The molecular weight excluding hydrogens is 184 g/mol. The summed E-state index contributed by atoms with van der Waals surface area (Å²) in [4.78, 5) is 0. The molecule has 0 fully saturated rings. The second-order valence-corrected chi connectivity index (χ2v) is 9.45. The lowest BCUT2D eigenvalue weighted by Gasteiger charge is -2.16. The van der Waals surface area contributed by atoms with E-state index < -0.39 is 8.07 Å². The van der Waals surface area contributed by atoms with Gasteiger partial charge in [-0.15, -0.1) is 6.42 Å². The molecule has 0 aliphatic rings. The lowest BCUT2D eigenvalue weighted by Crippen LogP contribution is -2.37. The Morgan fingerprint density at radius 1 is 1.14 bits per heavy atom. The summed E-state index contributed by atoms with van der Waals surface area (Å²) in [6.45, 7) is 7.04. The molecule has 0 saturated carbocycles. The van der Waals surface area contributed by atoms with Crippen LogP contribution < -0.4 is 5.19 Å². The SMILES string of the molecule is C#CC=Cc1ccc([Si](C)(C)C)cc1. The fourth-order valence-electron chi connectivity index (χ4n) is 1.24. The quantitative estimate of drug-likeness (QED) is 0.509.